The summed E-state index contributed by atoms with van der Waals surface area (Å²) in [4.78, 5) is 15.2. The number of carbonyl (C=O) groups excluding carboxylic acids is 1. The largest absolute Gasteiger partial charge is 0.318 e. The fourth-order valence-corrected chi connectivity index (χ4v) is 5.10. The molecule has 1 spiro atoms. The van der Waals surface area contributed by atoms with E-state index in [0.717, 1.165) is 37.5 Å². The van der Waals surface area contributed by atoms with Crippen LogP contribution < -0.4 is 5.32 Å². The Morgan fingerprint density at radius 2 is 1.95 bits per heavy atom. The van der Waals surface area contributed by atoms with E-state index in [1.165, 1.54) is 12.0 Å². The SMILES string of the molecule is CC1CC(C)CC(N2C(=O)C3(CC3)NC2c2ccsc2)C1. The zero-order valence-corrected chi connectivity index (χ0v) is 13.7. The molecule has 0 radical (unpaired) electrons. The molecular formula is C17H24N2OS. The fraction of sp³-hybridized carbons (Fsp3) is 0.706. The molecule has 2 heterocycles. The molecule has 1 aromatic rings. The van der Waals surface area contributed by atoms with E-state index in [9.17, 15) is 4.79 Å². The standard InChI is InChI=1S/C17H24N2OS/c1-11-7-12(2)9-14(8-11)19-15(13-3-6-21-10-13)18-17(4-5-17)16(19)20/h3,6,10-12,14-15,18H,4-5,7-9H2,1-2H3. The smallest absolute Gasteiger partial charge is 0.244 e. The highest BCUT2D eigenvalue weighted by Crippen LogP contribution is 2.49. The first kappa shape index (κ1) is 13.8. The van der Waals surface area contributed by atoms with Crippen molar-refractivity contribution in [3.8, 4) is 0 Å². The van der Waals surface area contributed by atoms with Crippen molar-refractivity contribution in [2.75, 3.05) is 0 Å². The maximum atomic E-state index is 13.0. The summed E-state index contributed by atoms with van der Waals surface area (Å²) in [5.41, 5.74) is 1.05. The van der Waals surface area contributed by atoms with Gasteiger partial charge in [0.05, 0.1) is 0 Å². The Bertz CT molecular complexity index is 527. The van der Waals surface area contributed by atoms with Crippen LogP contribution in [-0.2, 0) is 4.79 Å². The Morgan fingerprint density at radius 1 is 1.24 bits per heavy atom. The van der Waals surface area contributed by atoms with Gasteiger partial charge in [-0.25, -0.2) is 0 Å². The number of thiophene rings is 1. The molecule has 1 aromatic heterocycles. The number of nitrogens with one attached hydrogen (secondary N) is 1. The van der Waals surface area contributed by atoms with Crippen molar-refractivity contribution in [1.82, 2.24) is 10.2 Å². The van der Waals surface area contributed by atoms with E-state index in [1.54, 1.807) is 11.3 Å². The van der Waals surface area contributed by atoms with Crippen LogP contribution in [0.3, 0.4) is 0 Å². The minimum Gasteiger partial charge on any atom is -0.318 e. The molecule has 0 bridgehead atoms. The molecule has 2 aliphatic carbocycles. The average molecular weight is 304 g/mol. The molecule has 4 heteroatoms. The number of nitrogens with zero attached hydrogens (tertiary/aromatic N) is 1. The lowest BCUT2D eigenvalue weighted by Crippen LogP contribution is -2.44. The van der Waals surface area contributed by atoms with E-state index in [4.69, 9.17) is 0 Å². The topological polar surface area (TPSA) is 32.3 Å². The van der Waals surface area contributed by atoms with Gasteiger partial charge in [0.2, 0.25) is 5.91 Å². The summed E-state index contributed by atoms with van der Waals surface area (Å²) in [6, 6.07) is 2.58. The van der Waals surface area contributed by atoms with Gasteiger partial charge in [-0.05, 0) is 66.3 Å². The Balaban J connectivity index is 1.65. The molecule has 114 valence electrons. The Hall–Kier alpha value is -0.870. The van der Waals surface area contributed by atoms with Crippen molar-refractivity contribution in [2.45, 2.75) is 63.7 Å². The third-order valence-electron chi connectivity index (χ3n) is 5.49. The van der Waals surface area contributed by atoms with Crippen molar-refractivity contribution in [2.24, 2.45) is 11.8 Å². The van der Waals surface area contributed by atoms with Crippen LogP contribution in [0.15, 0.2) is 16.8 Å². The molecule has 1 aliphatic heterocycles. The zero-order chi connectivity index (χ0) is 14.6. The van der Waals surface area contributed by atoms with Crippen LogP contribution in [0.1, 0.15) is 57.7 Å². The van der Waals surface area contributed by atoms with Gasteiger partial charge >= 0.3 is 0 Å². The fourth-order valence-electron chi connectivity index (χ4n) is 4.42. The van der Waals surface area contributed by atoms with Crippen molar-refractivity contribution in [1.29, 1.82) is 0 Å². The Kier molecular flexibility index (Phi) is 3.16. The predicted molar refractivity (Wildman–Crippen MR) is 85.0 cm³/mol. The second-order valence-corrected chi connectivity index (χ2v) is 8.25. The van der Waals surface area contributed by atoms with Gasteiger partial charge in [-0.1, -0.05) is 13.8 Å². The maximum absolute atomic E-state index is 13.0. The third-order valence-corrected chi connectivity index (χ3v) is 6.19. The number of hydrogen-bond acceptors (Lipinski definition) is 3. The second-order valence-electron chi connectivity index (χ2n) is 7.47. The maximum Gasteiger partial charge on any atom is 0.244 e. The van der Waals surface area contributed by atoms with Crippen LogP contribution >= 0.6 is 11.3 Å². The zero-order valence-electron chi connectivity index (χ0n) is 12.8. The highest BCUT2D eigenvalue weighted by atomic mass is 32.1. The van der Waals surface area contributed by atoms with Gasteiger partial charge < -0.3 is 4.90 Å². The molecule has 2 saturated carbocycles. The summed E-state index contributed by atoms with van der Waals surface area (Å²) in [7, 11) is 0. The number of hydrogen-bond donors (Lipinski definition) is 1. The van der Waals surface area contributed by atoms with Crippen LogP contribution in [0.25, 0.3) is 0 Å². The molecule has 4 rings (SSSR count). The molecule has 1 N–H and O–H groups in total. The molecule has 3 fully saturated rings. The van der Waals surface area contributed by atoms with Gasteiger partial charge in [0.1, 0.15) is 11.7 Å². The van der Waals surface area contributed by atoms with E-state index in [1.807, 2.05) is 0 Å². The summed E-state index contributed by atoms with van der Waals surface area (Å²) < 4.78 is 0. The Labute approximate surface area is 130 Å². The average Bonchev–Trinajstić information content (AvgIpc) is 2.90. The summed E-state index contributed by atoms with van der Waals surface area (Å²) in [6.07, 6.45) is 5.76. The number of rotatable bonds is 2. The van der Waals surface area contributed by atoms with Crippen LogP contribution in [0.4, 0.5) is 0 Å². The van der Waals surface area contributed by atoms with Crippen LogP contribution in [0, 0.1) is 11.8 Å². The highest BCUT2D eigenvalue weighted by Gasteiger charge is 2.60. The van der Waals surface area contributed by atoms with Crippen LogP contribution in [0.2, 0.25) is 0 Å². The monoisotopic (exact) mass is 304 g/mol. The summed E-state index contributed by atoms with van der Waals surface area (Å²) in [5.74, 6) is 1.82. The lowest BCUT2D eigenvalue weighted by molar-refractivity contribution is -0.134. The third kappa shape index (κ3) is 2.23. The summed E-state index contributed by atoms with van der Waals surface area (Å²) in [5, 5.41) is 7.96. The van der Waals surface area contributed by atoms with Gasteiger partial charge in [0.15, 0.2) is 0 Å². The van der Waals surface area contributed by atoms with Crippen LogP contribution in [-0.4, -0.2) is 22.4 Å². The number of amides is 1. The molecule has 21 heavy (non-hydrogen) atoms. The molecule has 3 atom stereocenters. The first-order valence-corrected chi connectivity index (χ1v) is 9.16. The molecule has 3 nitrogen and oxygen atoms in total. The van der Waals surface area contributed by atoms with E-state index >= 15 is 0 Å². The lowest BCUT2D eigenvalue weighted by Gasteiger charge is -2.39. The quantitative estimate of drug-likeness (QED) is 0.906. The second kappa shape index (κ2) is 4.82. The van der Waals surface area contributed by atoms with Gasteiger partial charge in [-0.3, -0.25) is 10.1 Å². The van der Waals surface area contributed by atoms with Gasteiger partial charge in [-0.2, -0.15) is 11.3 Å². The van der Waals surface area contributed by atoms with E-state index in [2.05, 4.69) is 40.9 Å². The molecule has 3 unspecified atom stereocenters. The first-order valence-electron chi connectivity index (χ1n) is 8.21. The van der Waals surface area contributed by atoms with Crippen molar-refractivity contribution in [3.05, 3.63) is 22.4 Å². The minimum atomic E-state index is -0.212. The van der Waals surface area contributed by atoms with Crippen molar-refractivity contribution in [3.63, 3.8) is 0 Å². The summed E-state index contributed by atoms with van der Waals surface area (Å²) in [6.45, 7) is 4.67. The minimum absolute atomic E-state index is 0.105. The normalized spacial score (nSPS) is 38.2. The lowest BCUT2D eigenvalue weighted by atomic mass is 9.79. The van der Waals surface area contributed by atoms with Crippen molar-refractivity contribution < 1.29 is 4.79 Å². The first-order chi connectivity index (χ1) is 10.1. The van der Waals surface area contributed by atoms with Gasteiger partial charge in [-0.15, -0.1) is 0 Å². The van der Waals surface area contributed by atoms with E-state index in [-0.39, 0.29) is 11.7 Å². The van der Waals surface area contributed by atoms with Gasteiger partial charge in [0, 0.05) is 6.04 Å². The predicted octanol–water partition coefficient (Wildman–Crippen LogP) is 3.54. The summed E-state index contributed by atoms with van der Waals surface area (Å²) >= 11 is 1.72. The van der Waals surface area contributed by atoms with Crippen molar-refractivity contribution >= 4 is 17.2 Å². The van der Waals surface area contributed by atoms with Crippen LogP contribution in [0.5, 0.6) is 0 Å². The van der Waals surface area contributed by atoms with Gasteiger partial charge in [0.25, 0.3) is 0 Å². The Morgan fingerprint density at radius 3 is 2.52 bits per heavy atom. The van der Waals surface area contributed by atoms with E-state index < -0.39 is 0 Å². The number of carbonyl (C=O) groups is 1. The molecule has 1 saturated heterocycles. The van der Waals surface area contributed by atoms with E-state index in [0.29, 0.717) is 11.9 Å². The highest BCUT2D eigenvalue weighted by molar-refractivity contribution is 7.08. The molecule has 3 aliphatic rings. The molecular weight excluding hydrogens is 280 g/mol. The molecule has 1 amide bonds. The molecule has 0 aromatic carbocycles.